The molecule has 1 rings (SSSR count). The van der Waals surface area contributed by atoms with Crippen LogP contribution in [0.5, 0.6) is 11.5 Å². The summed E-state index contributed by atoms with van der Waals surface area (Å²) in [7, 11) is 5.38. The van der Waals surface area contributed by atoms with Crippen LogP contribution >= 0.6 is 0 Å². The summed E-state index contributed by atoms with van der Waals surface area (Å²) in [4.78, 5) is 0. The maximum absolute atomic E-state index is 5.52. The standard InChI is InChI=1S/C17H29NO2/c1-12(17(2,3)4)10-15(18-5)14-9-8-13(19-6)11-16(14)20-7/h8-9,11-12,15,18H,10H2,1-7H3. The molecule has 0 fully saturated rings. The van der Waals surface area contributed by atoms with Gasteiger partial charge < -0.3 is 14.8 Å². The van der Waals surface area contributed by atoms with Crippen molar-refractivity contribution in [3.63, 3.8) is 0 Å². The summed E-state index contributed by atoms with van der Waals surface area (Å²) < 4.78 is 10.8. The molecule has 1 aromatic rings. The lowest BCUT2D eigenvalue weighted by Gasteiger charge is -2.31. The highest BCUT2D eigenvalue weighted by atomic mass is 16.5. The molecule has 2 unspecified atom stereocenters. The number of rotatable bonds is 6. The van der Waals surface area contributed by atoms with Crippen LogP contribution in [0.15, 0.2) is 18.2 Å². The predicted molar refractivity (Wildman–Crippen MR) is 84.6 cm³/mol. The molecule has 3 heteroatoms. The molecule has 0 heterocycles. The summed E-state index contributed by atoms with van der Waals surface area (Å²) in [5.41, 5.74) is 1.49. The summed E-state index contributed by atoms with van der Waals surface area (Å²) in [6.45, 7) is 9.17. The second-order valence-electron chi connectivity index (χ2n) is 6.45. The molecule has 2 atom stereocenters. The Morgan fingerprint density at radius 1 is 1.15 bits per heavy atom. The SMILES string of the molecule is CNC(CC(C)C(C)(C)C)c1ccc(OC)cc1OC. The fourth-order valence-corrected chi connectivity index (χ4v) is 2.21. The second-order valence-corrected chi connectivity index (χ2v) is 6.45. The van der Waals surface area contributed by atoms with E-state index in [1.807, 2.05) is 19.2 Å². The van der Waals surface area contributed by atoms with Crippen molar-refractivity contribution in [2.75, 3.05) is 21.3 Å². The van der Waals surface area contributed by atoms with Crippen molar-refractivity contribution in [2.24, 2.45) is 11.3 Å². The van der Waals surface area contributed by atoms with Gasteiger partial charge >= 0.3 is 0 Å². The lowest BCUT2D eigenvalue weighted by molar-refractivity contribution is 0.224. The van der Waals surface area contributed by atoms with Crippen molar-refractivity contribution in [1.29, 1.82) is 0 Å². The predicted octanol–water partition coefficient (Wildman–Crippen LogP) is 4.04. The third kappa shape index (κ3) is 4.14. The van der Waals surface area contributed by atoms with Crippen LogP contribution in [-0.4, -0.2) is 21.3 Å². The Balaban J connectivity index is 3.00. The van der Waals surface area contributed by atoms with Crippen LogP contribution in [0.2, 0.25) is 0 Å². The summed E-state index contributed by atoms with van der Waals surface area (Å²) in [5, 5.41) is 3.41. The van der Waals surface area contributed by atoms with Crippen LogP contribution < -0.4 is 14.8 Å². The number of nitrogens with one attached hydrogen (secondary N) is 1. The van der Waals surface area contributed by atoms with Gasteiger partial charge in [0.05, 0.1) is 14.2 Å². The molecule has 0 radical (unpaired) electrons. The zero-order valence-corrected chi connectivity index (χ0v) is 13.9. The normalized spacial score (nSPS) is 14.8. The van der Waals surface area contributed by atoms with Crippen LogP contribution in [0.25, 0.3) is 0 Å². The number of hydrogen-bond acceptors (Lipinski definition) is 3. The quantitative estimate of drug-likeness (QED) is 0.852. The Kier molecular flexibility index (Phi) is 5.88. The van der Waals surface area contributed by atoms with Crippen molar-refractivity contribution < 1.29 is 9.47 Å². The molecule has 3 nitrogen and oxygen atoms in total. The van der Waals surface area contributed by atoms with Gasteiger partial charge in [0.25, 0.3) is 0 Å². The molecule has 1 aromatic carbocycles. The zero-order valence-electron chi connectivity index (χ0n) is 13.9. The lowest BCUT2D eigenvalue weighted by atomic mass is 9.77. The summed E-state index contributed by atoms with van der Waals surface area (Å²) in [6.07, 6.45) is 1.07. The van der Waals surface area contributed by atoms with Gasteiger partial charge in [-0.1, -0.05) is 33.8 Å². The summed E-state index contributed by atoms with van der Waals surface area (Å²) >= 11 is 0. The van der Waals surface area contributed by atoms with Gasteiger partial charge in [-0.3, -0.25) is 0 Å². The molecule has 0 amide bonds. The van der Waals surface area contributed by atoms with Crippen molar-refractivity contribution in [3.05, 3.63) is 23.8 Å². The second kappa shape index (κ2) is 6.98. The molecule has 0 spiro atoms. The first kappa shape index (κ1) is 16.8. The maximum Gasteiger partial charge on any atom is 0.127 e. The Labute approximate surface area is 123 Å². The number of ether oxygens (including phenoxy) is 2. The van der Waals surface area contributed by atoms with Gasteiger partial charge in [0, 0.05) is 17.7 Å². The largest absolute Gasteiger partial charge is 0.497 e. The van der Waals surface area contributed by atoms with E-state index in [0.717, 1.165) is 17.9 Å². The topological polar surface area (TPSA) is 30.5 Å². The van der Waals surface area contributed by atoms with Crippen molar-refractivity contribution >= 4 is 0 Å². The number of benzene rings is 1. The minimum absolute atomic E-state index is 0.282. The first-order chi connectivity index (χ1) is 9.33. The Bertz CT molecular complexity index is 423. The number of methoxy groups -OCH3 is 2. The average molecular weight is 279 g/mol. The summed E-state index contributed by atoms with van der Waals surface area (Å²) in [5.74, 6) is 2.31. The Hall–Kier alpha value is -1.22. The van der Waals surface area contributed by atoms with Crippen molar-refractivity contribution in [2.45, 2.75) is 40.2 Å². The summed E-state index contributed by atoms with van der Waals surface area (Å²) in [6, 6.07) is 6.31. The van der Waals surface area contributed by atoms with Crippen molar-refractivity contribution in [1.82, 2.24) is 5.32 Å². The van der Waals surface area contributed by atoms with Crippen LogP contribution in [-0.2, 0) is 0 Å². The molecular formula is C17H29NO2. The third-order valence-electron chi connectivity index (χ3n) is 4.23. The van der Waals surface area contributed by atoms with E-state index in [1.165, 1.54) is 5.56 Å². The van der Waals surface area contributed by atoms with E-state index in [0.29, 0.717) is 11.3 Å². The van der Waals surface area contributed by atoms with Crippen molar-refractivity contribution in [3.8, 4) is 11.5 Å². The van der Waals surface area contributed by atoms with E-state index >= 15 is 0 Å². The lowest BCUT2D eigenvalue weighted by Crippen LogP contribution is -2.25. The highest BCUT2D eigenvalue weighted by Gasteiger charge is 2.25. The maximum atomic E-state index is 5.52. The molecule has 0 aliphatic rings. The third-order valence-corrected chi connectivity index (χ3v) is 4.23. The van der Waals surface area contributed by atoms with E-state index in [2.05, 4.69) is 39.1 Å². The van der Waals surface area contributed by atoms with Gasteiger partial charge in [-0.15, -0.1) is 0 Å². The fraction of sp³-hybridized carbons (Fsp3) is 0.647. The molecule has 0 aliphatic carbocycles. The van der Waals surface area contributed by atoms with Gasteiger partial charge in [0.15, 0.2) is 0 Å². The van der Waals surface area contributed by atoms with E-state index in [1.54, 1.807) is 14.2 Å². The highest BCUT2D eigenvalue weighted by molar-refractivity contribution is 5.42. The molecule has 114 valence electrons. The van der Waals surface area contributed by atoms with Gasteiger partial charge in [-0.25, -0.2) is 0 Å². The van der Waals surface area contributed by atoms with Crippen LogP contribution in [0.3, 0.4) is 0 Å². The van der Waals surface area contributed by atoms with Gasteiger partial charge in [-0.05, 0) is 30.9 Å². The molecule has 20 heavy (non-hydrogen) atoms. The van der Waals surface area contributed by atoms with Crippen LogP contribution in [0.1, 0.15) is 45.7 Å². The Morgan fingerprint density at radius 2 is 1.80 bits per heavy atom. The minimum Gasteiger partial charge on any atom is -0.497 e. The smallest absolute Gasteiger partial charge is 0.127 e. The average Bonchev–Trinajstić information content (AvgIpc) is 2.42. The molecule has 0 saturated carbocycles. The monoisotopic (exact) mass is 279 g/mol. The molecule has 0 aliphatic heterocycles. The molecule has 1 N–H and O–H groups in total. The molecular weight excluding hydrogens is 250 g/mol. The van der Waals surface area contributed by atoms with E-state index in [9.17, 15) is 0 Å². The van der Waals surface area contributed by atoms with Crippen LogP contribution in [0, 0.1) is 11.3 Å². The first-order valence-corrected chi connectivity index (χ1v) is 7.22. The molecule has 0 bridgehead atoms. The van der Waals surface area contributed by atoms with E-state index in [4.69, 9.17) is 9.47 Å². The molecule has 0 saturated heterocycles. The minimum atomic E-state index is 0.282. The number of hydrogen-bond donors (Lipinski definition) is 1. The Morgan fingerprint density at radius 3 is 2.25 bits per heavy atom. The van der Waals surface area contributed by atoms with Gasteiger partial charge in [-0.2, -0.15) is 0 Å². The fourth-order valence-electron chi connectivity index (χ4n) is 2.21. The first-order valence-electron chi connectivity index (χ1n) is 7.22. The zero-order chi connectivity index (χ0) is 15.3. The molecule has 0 aromatic heterocycles. The van der Waals surface area contributed by atoms with Gasteiger partial charge in [0.2, 0.25) is 0 Å². The van der Waals surface area contributed by atoms with Gasteiger partial charge in [0.1, 0.15) is 11.5 Å². The highest BCUT2D eigenvalue weighted by Crippen LogP contribution is 2.37. The van der Waals surface area contributed by atoms with E-state index < -0.39 is 0 Å². The van der Waals surface area contributed by atoms with Crippen LogP contribution in [0.4, 0.5) is 0 Å². The van der Waals surface area contributed by atoms with E-state index in [-0.39, 0.29) is 6.04 Å².